The van der Waals surface area contributed by atoms with Gasteiger partial charge >= 0.3 is 0 Å². The molecule has 1 aromatic heterocycles. The first kappa shape index (κ1) is 15.9. The minimum absolute atomic E-state index is 0.00517. The lowest BCUT2D eigenvalue weighted by atomic mass is 10.1. The standard InChI is InChI=1S/C16H23N5O2/c1-2-11-9-14(20-19-11)15(22)18-12-6-8-21(10-12)16(23)13-5-3-4-7-17-13/h3-5,7,11-12,14,19-20H,2,6,8-10H2,1H3,(H,18,22). The Bertz CT molecular complexity index is 565. The van der Waals surface area contributed by atoms with Crippen molar-refractivity contribution >= 4 is 11.8 Å². The number of nitrogens with one attached hydrogen (secondary N) is 3. The van der Waals surface area contributed by atoms with Gasteiger partial charge in [0.1, 0.15) is 11.7 Å². The van der Waals surface area contributed by atoms with E-state index in [1.807, 2.05) is 0 Å². The number of hydrazine groups is 1. The van der Waals surface area contributed by atoms with Gasteiger partial charge in [-0.3, -0.25) is 20.0 Å². The molecule has 0 saturated carbocycles. The first-order valence-electron chi connectivity index (χ1n) is 8.19. The number of likely N-dealkylation sites (tertiary alicyclic amines) is 1. The van der Waals surface area contributed by atoms with E-state index in [1.54, 1.807) is 29.3 Å². The van der Waals surface area contributed by atoms with E-state index in [4.69, 9.17) is 0 Å². The fourth-order valence-electron chi connectivity index (χ4n) is 3.08. The Morgan fingerprint density at radius 3 is 2.96 bits per heavy atom. The normalized spacial score (nSPS) is 27.2. The number of carbonyl (C=O) groups is 2. The van der Waals surface area contributed by atoms with Crippen LogP contribution in [0, 0.1) is 0 Å². The fraction of sp³-hybridized carbons (Fsp3) is 0.562. The van der Waals surface area contributed by atoms with Gasteiger partial charge in [-0.1, -0.05) is 13.0 Å². The van der Waals surface area contributed by atoms with E-state index in [9.17, 15) is 9.59 Å². The van der Waals surface area contributed by atoms with Crippen LogP contribution >= 0.6 is 0 Å². The molecular weight excluding hydrogens is 294 g/mol. The Hall–Kier alpha value is -1.99. The highest BCUT2D eigenvalue weighted by Crippen LogP contribution is 2.14. The Morgan fingerprint density at radius 2 is 2.26 bits per heavy atom. The smallest absolute Gasteiger partial charge is 0.272 e. The molecule has 3 heterocycles. The number of rotatable bonds is 4. The van der Waals surface area contributed by atoms with E-state index in [2.05, 4.69) is 28.1 Å². The fourth-order valence-corrected chi connectivity index (χ4v) is 3.08. The first-order chi connectivity index (χ1) is 11.2. The number of nitrogens with zero attached hydrogens (tertiary/aromatic N) is 2. The molecule has 3 rings (SSSR count). The van der Waals surface area contributed by atoms with Crippen LogP contribution in [0.4, 0.5) is 0 Å². The minimum atomic E-state index is -0.194. The summed E-state index contributed by atoms with van der Waals surface area (Å²) in [6.45, 7) is 3.28. The van der Waals surface area contributed by atoms with Crippen LogP contribution in [-0.2, 0) is 4.79 Å². The number of pyridine rings is 1. The summed E-state index contributed by atoms with van der Waals surface area (Å²) in [5.74, 6) is -0.0698. The zero-order chi connectivity index (χ0) is 16.2. The van der Waals surface area contributed by atoms with Gasteiger partial charge in [-0.2, -0.15) is 0 Å². The summed E-state index contributed by atoms with van der Waals surface area (Å²) in [7, 11) is 0. The molecule has 1 aromatic rings. The topological polar surface area (TPSA) is 86.4 Å². The maximum Gasteiger partial charge on any atom is 0.272 e. The Labute approximate surface area is 135 Å². The molecule has 2 fully saturated rings. The van der Waals surface area contributed by atoms with Crippen LogP contribution < -0.4 is 16.2 Å². The second-order valence-electron chi connectivity index (χ2n) is 6.14. The number of amides is 2. The Morgan fingerprint density at radius 1 is 1.39 bits per heavy atom. The molecule has 3 unspecified atom stereocenters. The molecule has 0 radical (unpaired) electrons. The van der Waals surface area contributed by atoms with Crippen LogP contribution in [0.3, 0.4) is 0 Å². The lowest BCUT2D eigenvalue weighted by Gasteiger charge is -2.18. The van der Waals surface area contributed by atoms with Crippen molar-refractivity contribution in [1.29, 1.82) is 0 Å². The number of hydrogen-bond acceptors (Lipinski definition) is 5. The van der Waals surface area contributed by atoms with E-state index in [0.717, 1.165) is 19.3 Å². The van der Waals surface area contributed by atoms with E-state index in [0.29, 0.717) is 24.8 Å². The average Bonchev–Trinajstić information content (AvgIpc) is 3.24. The molecular formula is C16H23N5O2. The Balaban J connectivity index is 1.50. The molecule has 3 atom stereocenters. The molecule has 124 valence electrons. The van der Waals surface area contributed by atoms with Crippen molar-refractivity contribution in [2.75, 3.05) is 13.1 Å². The first-order valence-corrected chi connectivity index (χ1v) is 8.19. The maximum atomic E-state index is 12.3. The van der Waals surface area contributed by atoms with Crippen molar-refractivity contribution < 1.29 is 9.59 Å². The predicted octanol–water partition coefficient (Wildman–Crippen LogP) is 0.0574. The molecule has 2 aliphatic heterocycles. The summed E-state index contributed by atoms with van der Waals surface area (Å²) in [5, 5.41) is 3.05. The lowest BCUT2D eigenvalue weighted by Crippen LogP contribution is -2.48. The number of aromatic nitrogens is 1. The highest BCUT2D eigenvalue weighted by Gasteiger charge is 2.32. The largest absolute Gasteiger partial charge is 0.350 e. The van der Waals surface area contributed by atoms with Crippen molar-refractivity contribution in [1.82, 2.24) is 26.1 Å². The SMILES string of the molecule is CCC1CC(C(=O)NC2CCN(C(=O)c3ccccn3)C2)NN1. The summed E-state index contributed by atoms with van der Waals surface area (Å²) in [5.41, 5.74) is 6.62. The molecule has 7 nitrogen and oxygen atoms in total. The monoisotopic (exact) mass is 317 g/mol. The van der Waals surface area contributed by atoms with E-state index < -0.39 is 0 Å². The highest BCUT2D eigenvalue weighted by molar-refractivity contribution is 5.92. The minimum Gasteiger partial charge on any atom is -0.350 e. The second-order valence-corrected chi connectivity index (χ2v) is 6.14. The van der Waals surface area contributed by atoms with Gasteiger partial charge in [0.2, 0.25) is 5.91 Å². The molecule has 0 spiro atoms. The molecule has 0 aliphatic carbocycles. The maximum absolute atomic E-state index is 12.3. The van der Waals surface area contributed by atoms with Gasteiger partial charge in [0.05, 0.1) is 0 Å². The van der Waals surface area contributed by atoms with E-state index in [-0.39, 0.29) is 23.9 Å². The van der Waals surface area contributed by atoms with Crippen LogP contribution in [0.5, 0.6) is 0 Å². The molecule has 2 amide bonds. The lowest BCUT2D eigenvalue weighted by molar-refractivity contribution is -0.123. The van der Waals surface area contributed by atoms with Gasteiger partial charge in [-0.15, -0.1) is 0 Å². The van der Waals surface area contributed by atoms with Crippen molar-refractivity contribution in [2.45, 2.75) is 44.3 Å². The van der Waals surface area contributed by atoms with Gasteiger partial charge in [0, 0.05) is 31.4 Å². The zero-order valence-electron chi connectivity index (χ0n) is 13.3. The van der Waals surface area contributed by atoms with Gasteiger partial charge in [-0.05, 0) is 31.4 Å². The van der Waals surface area contributed by atoms with E-state index >= 15 is 0 Å². The van der Waals surface area contributed by atoms with Crippen LogP contribution in [0.1, 0.15) is 36.7 Å². The number of carbonyl (C=O) groups excluding carboxylic acids is 2. The van der Waals surface area contributed by atoms with Gasteiger partial charge < -0.3 is 10.2 Å². The summed E-state index contributed by atoms with van der Waals surface area (Å²) >= 11 is 0. The molecule has 23 heavy (non-hydrogen) atoms. The molecule has 3 N–H and O–H groups in total. The predicted molar refractivity (Wildman–Crippen MR) is 85.4 cm³/mol. The highest BCUT2D eigenvalue weighted by atomic mass is 16.2. The molecule has 7 heteroatoms. The van der Waals surface area contributed by atoms with Gasteiger partial charge in [0.15, 0.2) is 0 Å². The van der Waals surface area contributed by atoms with E-state index in [1.165, 1.54) is 0 Å². The molecule has 2 aliphatic rings. The third-order valence-electron chi connectivity index (χ3n) is 4.50. The van der Waals surface area contributed by atoms with Crippen molar-refractivity contribution in [3.05, 3.63) is 30.1 Å². The van der Waals surface area contributed by atoms with Crippen molar-refractivity contribution in [3.63, 3.8) is 0 Å². The van der Waals surface area contributed by atoms with Gasteiger partial charge in [-0.25, -0.2) is 5.43 Å². The summed E-state index contributed by atoms with van der Waals surface area (Å²) in [4.78, 5) is 30.5. The van der Waals surface area contributed by atoms with Crippen molar-refractivity contribution in [3.8, 4) is 0 Å². The summed E-state index contributed by atoms with van der Waals surface area (Å²) in [6, 6.07) is 5.47. The second kappa shape index (κ2) is 7.06. The Kier molecular flexibility index (Phi) is 4.88. The third kappa shape index (κ3) is 3.68. The van der Waals surface area contributed by atoms with Crippen LogP contribution in [0.2, 0.25) is 0 Å². The number of hydrogen-bond donors (Lipinski definition) is 3. The molecule has 0 aromatic carbocycles. The van der Waals surface area contributed by atoms with Gasteiger partial charge in [0.25, 0.3) is 5.91 Å². The van der Waals surface area contributed by atoms with Crippen LogP contribution in [0.15, 0.2) is 24.4 Å². The molecule has 2 saturated heterocycles. The quantitative estimate of drug-likeness (QED) is 0.731. The third-order valence-corrected chi connectivity index (χ3v) is 4.50. The van der Waals surface area contributed by atoms with Crippen LogP contribution in [-0.4, -0.2) is 52.9 Å². The molecule has 0 bridgehead atoms. The van der Waals surface area contributed by atoms with Crippen molar-refractivity contribution in [2.24, 2.45) is 0 Å². The van der Waals surface area contributed by atoms with Crippen LogP contribution in [0.25, 0.3) is 0 Å². The zero-order valence-corrected chi connectivity index (χ0v) is 13.3. The summed E-state index contributed by atoms with van der Waals surface area (Å²) < 4.78 is 0. The average molecular weight is 317 g/mol. The summed E-state index contributed by atoms with van der Waals surface area (Å²) in [6.07, 6.45) is 4.19.